The maximum Gasteiger partial charge on any atom is 0.257 e. The van der Waals surface area contributed by atoms with Crippen molar-refractivity contribution >= 4 is 34.1 Å². The van der Waals surface area contributed by atoms with Gasteiger partial charge in [-0.3, -0.25) is 4.79 Å². The minimum atomic E-state index is -0.0766. The lowest BCUT2D eigenvalue weighted by Gasteiger charge is -2.46. The average molecular weight is 338 g/mol. The Bertz CT molecular complexity index is 993. The highest BCUT2D eigenvalue weighted by Gasteiger charge is 2.40. The normalized spacial score (nSPS) is 19.2. The predicted molar refractivity (Wildman–Crippen MR) is 95.6 cm³/mol. The van der Waals surface area contributed by atoms with E-state index in [-0.39, 0.29) is 12.1 Å². The molecule has 0 saturated heterocycles. The number of halogens is 1. The van der Waals surface area contributed by atoms with E-state index in [0.717, 1.165) is 33.9 Å². The molecule has 2 aliphatic rings. The van der Waals surface area contributed by atoms with Crippen LogP contribution in [-0.2, 0) is 6.54 Å². The first-order valence-corrected chi connectivity index (χ1v) is 8.44. The van der Waals surface area contributed by atoms with E-state index < -0.39 is 0 Å². The fraction of sp³-hybridized carbons (Fsp3) is 0.211. The van der Waals surface area contributed by atoms with E-state index in [2.05, 4.69) is 28.6 Å². The average Bonchev–Trinajstić information content (AvgIpc) is 2.96. The van der Waals surface area contributed by atoms with Crippen molar-refractivity contribution in [3.05, 3.63) is 64.8 Å². The van der Waals surface area contributed by atoms with Crippen LogP contribution < -0.4 is 4.90 Å². The number of benzene rings is 2. The van der Waals surface area contributed by atoms with E-state index in [4.69, 9.17) is 11.6 Å². The SMILES string of the molecule is CN1c2ccccc2C(=O)N2CCn3c(cc4cc(Cl)ccc43)C21. The molecule has 5 heteroatoms. The monoisotopic (exact) mass is 337 g/mol. The van der Waals surface area contributed by atoms with E-state index in [9.17, 15) is 4.79 Å². The summed E-state index contributed by atoms with van der Waals surface area (Å²) in [5, 5.41) is 1.86. The summed E-state index contributed by atoms with van der Waals surface area (Å²) in [5.74, 6) is 0.114. The second-order valence-electron chi connectivity index (χ2n) is 6.42. The summed E-state index contributed by atoms with van der Waals surface area (Å²) in [6.07, 6.45) is -0.0766. The van der Waals surface area contributed by atoms with Crippen LogP contribution in [0.4, 0.5) is 5.69 Å². The molecule has 0 aliphatic carbocycles. The number of rotatable bonds is 0. The van der Waals surface area contributed by atoms with Gasteiger partial charge in [0.2, 0.25) is 0 Å². The summed E-state index contributed by atoms with van der Waals surface area (Å²) in [7, 11) is 2.06. The minimum Gasteiger partial charge on any atom is -0.349 e. The van der Waals surface area contributed by atoms with Gasteiger partial charge in [0.15, 0.2) is 0 Å². The lowest BCUT2D eigenvalue weighted by atomic mass is 10.0. The second-order valence-corrected chi connectivity index (χ2v) is 6.86. The van der Waals surface area contributed by atoms with Crippen LogP contribution in [-0.4, -0.2) is 29.0 Å². The molecule has 24 heavy (non-hydrogen) atoms. The van der Waals surface area contributed by atoms with Crippen molar-refractivity contribution in [2.45, 2.75) is 12.7 Å². The van der Waals surface area contributed by atoms with Gasteiger partial charge in [0.05, 0.1) is 16.9 Å². The van der Waals surface area contributed by atoms with Gasteiger partial charge < -0.3 is 14.4 Å². The molecule has 1 aromatic heterocycles. The first-order chi connectivity index (χ1) is 11.6. The van der Waals surface area contributed by atoms with Gasteiger partial charge in [0.1, 0.15) is 6.17 Å². The summed E-state index contributed by atoms with van der Waals surface area (Å²) < 4.78 is 2.31. The van der Waals surface area contributed by atoms with Gasteiger partial charge in [-0.1, -0.05) is 23.7 Å². The largest absolute Gasteiger partial charge is 0.349 e. The van der Waals surface area contributed by atoms with Crippen LogP contribution >= 0.6 is 11.6 Å². The fourth-order valence-corrected chi connectivity index (χ4v) is 4.27. The van der Waals surface area contributed by atoms with Crippen LogP contribution in [0, 0.1) is 0 Å². The van der Waals surface area contributed by atoms with Gasteiger partial charge in [-0.05, 0) is 36.4 Å². The van der Waals surface area contributed by atoms with E-state index in [1.54, 1.807) is 0 Å². The summed E-state index contributed by atoms with van der Waals surface area (Å²) in [6.45, 7) is 1.51. The summed E-state index contributed by atoms with van der Waals surface area (Å²) in [6, 6.07) is 16.0. The van der Waals surface area contributed by atoms with Gasteiger partial charge in [-0.15, -0.1) is 0 Å². The molecule has 0 fully saturated rings. The molecule has 0 N–H and O–H groups in total. The second kappa shape index (κ2) is 4.77. The first kappa shape index (κ1) is 13.9. The number of carbonyl (C=O) groups is 1. The Balaban J connectivity index is 1.74. The molecule has 0 radical (unpaired) electrons. The Labute approximate surface area is 144 Å². The number of hydrogen-bond acceptors (Lipinski definition) is 2. The highest BCUT2D eigenvalue weighted by Crippen LogP contribution is 2.41. The van der Waals surface area contributed by atoms with Gasteiger partial charge in [-0.2, -0.15) is 0 Å². The third kappa shape index (κ3) is 1.72. The van der Waals surface area contributed by atoms with Crippen molar-refractivity contribution in [3.8, 4) is 0 Å². The molecule has 120 valence electrons. The molecule has 5 rings (SSSR count). The molecule has 1 unspecified atom stereocenters. The molecule has 2 aliphatic heterocycles. The number of aromatic nitrogens is 1. The lowest BCUT2D eigenvalue weighted by Crippen LogP contribution is -2.52. The van der Waals surface area contributed by atoms with Crippen molar-refractivity contribution in [1.82, 2.24) is 9.47 Å². The Morgan fingerprint density at radius 1 is 1.08 bits per heavy atom. The van der Waals surface area contributed by atoms with E-state index in [0.29, 0.717) is 6.54 Å². The number of anilines is 1. The zero-order valence-corrected chi connectivity index (χ0v) is 14.0. The Morgan fingerprint density at radius 3 is 2.79 bits per heavy atom. The molecule has 1 atom stereocenters. The molecule has 3 aromatic rings. The van der Waals surface area contributed by atoms with E-state index in [1.807, 2.05) is 41.3 Å². The van der Waals surface area contributed by atoms with Crippen LogP contribution in [0.5, 0.6) is 0 Å². The molecule has 2 aromatic carbocycles. The Hall–Kier alpha value is -2.46. The standard InChI is InChI=1S/C19H16ClN3O/c1-21-16-5-3-2-4-14(16)19(24)23-9-8-22-15-7-6-13(20)10-12(15)11-17(22)18(21)23/h2-7,10-11,18H,8-9H2,1H3. The molecule has 3 heterocycles. The van der Waals surface area contributed by atoms with Crippen molar-refractivity contribution in [3.63, 3.8) is 0 Å². The van der Waals surface area contributed by atoms with Gasteiger partial charge >= 0.3 is 0 Å². The van der Waals surface area contributed by atoms with Crippen molar-refractivity contribution in [1.29, 1.82) is 0 Å². The topological polar surface area (TPSA) is 28.5 Å². The summed E-state index contributed by atoms with van der Waals surface area (Å²) in [5.41, 5.74) is 4.09. The molecule has 0 spiro atoms. The first-order valence-electron chi connectivity index (χ1n) is 8.07. The highest BCUT2D eigenvalue weighted by atomic mass is 35.5. The van der Waals surface area contributed by atoms with Gasteiger partial charge in [0.25, 0.3) is 5.91 Å². The lowest BCUT2D eigenvalue weighted by molar-refractivity contribution is 0.0602. The number of nitrogens with zero attached hydrogens (tertiary/aromatic N) is 3. The van der Waals surface area contributed by atoms with Crippen molar-refractivity contribution < 1.29 is 4.79 Å². The van der Waals surface area contributed by atoms with Gasteiger partial charge in [0, 0.05) is 36.1 Å². The van der Waals surface area contributed by atoms with Crippen LogP contribution in [0.2, 0.25) is 5.02 Å². The molecule has 0 bridgehead atoms. The fourth-order valence-electron chi connectivity index (χ4n) is 4.08. The van der Waals surface area contributed by atoms with Crippen LogP contribution in [0.25, 0.3) is 10.9 Å². The minimum absolute atomic E-state index is 0.0766. The van der Waals surface area contributed by atoms with E-state index >= 15 is 0 Å². The zero-order chi connectivity index (χ0) is 16.4. The van der Waals surface area contributed by atoms with E-state index in [1.165, 1.54) is 5.52 Å². The maximum absolute atomic E-state index is 12.9. The van der Waals surface area contributed by atoms with Crippen LogP contribution in [0.1, 0.15) is 22.2 Å². The Kier molecular flexibility index (Phi) is 2.77. The predicted octanol–water partition coefficient (Wildman–Crippen LogP) is 3.90. The number of para-hydroxylation sites is 1. The number of amides is 1. The smallest absolute Gasteiger partial charge is 0.257 e. The van der Waals surface area contributed by atoms with Crippen LogP contribution in [0.3, 0.4) is 0 Å². The van der Waals surface area contributed by atoms with Crippen molar-refractivity contribution in [2.75, 3.05) is 18.5 Å². The molecular weight excluding hydrogens is 322 g/mol. The maximum atomic E-state index is 12.9. The molecule has 0 saturated carbocycles. The Morgan fingerprint density at radius 2 is 1.92 bits per heavy atom. The highest BCUT2D eigenvalue weighted by molar-refractivity contribution is 6.31. The van der Waals surface area contributed by atoms with Crippen molar-refractivity contribution in [2.24, 2.45) is 0 Å². The zero-order valence-electron chi connectivity index (χ0n) is 13.2. The van der Waals surface area contributed by atoms with Gasteiger partial charge in [-0.25, -0.2) is 0 Å². The molecular formula is C19H16ClN3O. The molecule has 4 nitrogen and oxygen atoms in total. The number of carbonyl (C=O) groups excluding carboxylic acids is 1. The third-order valence-electron chi connectivity index (χ3n) is 5.16. The quantitative estimate of drug-likeness (QED) is 0.622. The molecule has 1 amide bonds. The number of hydrogen-bond donors (Lipinski definition) is 0. The van der Waals surface area contributed by atoms with Crippen LogP contribution in [0.15, 0.2) is 48.5 Å². The summed E-state index contributed by atoms with van der Waals surface area (Å²) >= 11 is 6.15. The third-order valence-corrected chi connectivity index (χ3v) is 5.40. The summed E-state index contributed by atoms with van der Waals surface area (Å²) in [4.78, 5) is 17.1. The number of fused-ring (bicyclic) bond motifs is 6.